The van der Waals surface area contributed by atoms with Gasteiger partial charge in [-0.1, -0.05) is 6.07 Å². The quantitative estimate of drug-likeness (QED) is 0.443. The Morgan fingerprint density at radius 2 is 1.79 bits per heavy atom. The van der Waals surface area contributed by atoms with Crippen molar-refractivity contribution in [3.05, 3.63) is 67.9 Å². The Morgan fingerprint density at radius 1 is 1.11 bits per heavy atom. The van der Waals surface area contributed by atoms with Crippen molar-refractivity contribution in [1.29, 1.82) is 0 Å². The third kappa shape index (κ3) is 3.36. The van der Waals surface area contributed by atoms with Gasteiger partial charge < -0.3 is 25.1 Å². The zero-order valence-corrected chi connectivity index (χ0v) is 16.0. The zero-order chi connectivity index (χ0) is 20.6. The number of para-hydroxylation sites is 1. The fourth-order valence-electron chi connectivity index (χ4n) is 2.81. The second-order valence-electron chi connectivity index (χ2n) is 6.75. The number of hydrogen-bond acceptors (Lipinski definition) is 7. The van der Waals surface area contributed by atoms with Crippen LogP contribution in [0.4, 0.5) is 17.1 Å². The van der Waals surface area contributed by atoms with Crippen LogP contribution < -0.4 is 21.5 Å². The van der Waals surface area contributed by atoms with Gasteiger partial charge in [0.2, 0.25) is 0 Å². The number of benzene rings is 1. The topological polar surface area (TPSA) is 112 Å². The number of aryl methyl sites for hydroxylation is 1. The van der Waals surface area contributed by atoms with Gasteiger partial charge in [-0.25, -0.2) is 0 Å². The van der Waals surface area contributed by atoms with Crippen molar-refractivity contribution in [2.75, 3.05) is 24.7 Å². The minimum atomic E-state index is -0.700. The highest BCUT2D eigenvalue weighted by Crippen LogP contribution is 2.33. The number of nitrogens with one attached hydrogen (secondary N) is 2. The number of hydrogen-bond donors (Lipinski definition) is 3. The summed E-state index contributed by atoms with van der Waals surface area (Å²) in [5.41, 5.74) is -0.973. The van der Waals surface area contributed by atoms with Gasteiger partial charge in [-0.15, -0.1) is 0 Å². The fourth-order valence-corrected chi connectivity index (χ4v) is 2.81. The molecular formula is C20H21N3O5. The average molecular weight is 383 g/mol. The predicted octanol–water partition coefficient (Wildman–Crippen LogP) is 2.51. The summed E-state index contributed by atoms with van der Waals surface area (Å²) in [6.45, 7) is 3.61. The van der Waals surface area contributed by atoms with Crippen LogP contribution in [0.1, 0.15) is 34.8 Å². The second-order valence-corrected chi connectivity index (χ2v) is 6.75. The summed E-state index contributed by atoms with van der Waals surface area (Å²) in [6.07, 6.45) is 0. The molecule has 0 bridgehead atoms. The lowest BCUT2D eigenvalue weighted by atomic mass is 10.1. The van der Waals surface area contributed by atoms with E-state index >= 15 is 0 Å². The normalized spacial score (nSPS) is 12.0. The highest BCUT2D eigenvalue weighted by Gasteiger charge is 2.25. The van der Waals surface area contributed by atoms with Crippen molar-refractivity contribution in [2.24, 2.45) is 0 Å². The molecule has 1 amide bonds. The summed E-state index contributed by atoms with van der Waals surface area (Å²) < 4.78 is 5.53. The number of nitrogens with zero attached hydrogens (tertiary/aromatic N) is 1. The maximum atomic E-state index is 12.2. The van der Waals surface area contributed by atoms with Gasteiger partial charge in [-0.2, -0.15) is 0 Å². The van der Waals surface area contributed by atoms with Crippen LogP contribution >= 0.6 is 0 Å². The predicted molar refractivity (Wildman–Crippen MR) is 106 cm³/mol. The van der Waals surface area contributed by atoms with E-state index in [2.05, 4.69) is 10.6 Å². The Kier molecular flexibility index (Phi) is 4.96. The van der Waals surface area contributed by atoms with E-state index in [4.69, 9.17) is 4.42 Å². The highest BCUT2D eigenvalue weighted by atomic mass is 16.3. The number of carbonyl (C=O) groups excluding carboxylic acids is 1. The molecular weight excluding hydrogens is 362 g/mol. The van der Waals surface area contributed by atoms with Gasteiger partial charge >= 0.3 is 0 Å². The second kappa shape index (κ2) is 7.22. The van der Waals surface area contributed by atoms with Gasteiger partial charge in [-0.05, 0) is 38.1 Å². The summed E-state index contributed by atoms with van der Waals surface area (Å²) in [4.78, 5) is 37.6. The van der Waals surface area contributed by atoms with Crippen LogP contribution in [0.15, 0.2) is 44.3 Å². The van der Waals surface area contributed by atoms with Gasteiger partial charge in [0.25, 0.3) is 16.8 Å². The number of phenolic OH excluding ortho intramolecular Hbond substituents is 1. The number of anilines is 3. The van der Waals surface area contributed by atoms with E-state index in [0.717, 1.165) is 5.76 Å². The zero-order valence-electron chi connectivity index (χ0n) is 16.0. The molecule has 1 aromatic heterocycles. The molecule has 8 heteroatoms. The molecule has 0 aliphatic rings. The molecule has 0 unspecified atom stereocenters. The molecule has 3 aromatic rings. The summed E-state index contributed by atoms with van der Waals surface area (Å²) >= 11 is 0. The number of amides is 1. The lowest BCUT2D eigenvalue weighted by molar-refractivity contribution is 0.0824. The van der Waals surface area contributed by atoms with Crippen molar-refractivity contribution in [1.82, 2.24) is 4.90 Å². The van der Waals surface area contributed by atoms with Gasteiger partial charge in [0.05, 0.1) is 17.3 Å². The molecule has 1 heterocycles. The Bertz CT molecular complexity index is 1110. The lowest BCUT2D eigenvalue weighted by Crippen LogP contribution is -2.37. The molecule has 0 aliphatic carbocycles. The van der Waals surface area contributed by atoms with Crippen molar-refractivity contribution in [3.8, 4) is 5.75 Å². The summed E-state index contributed by atoms with van der Waals surface area (Å²) in [5, 5.41) is 16.1. The Balaban J connectivity index is 1.88. The molecule has 0 saturated heterocycles. The largest absolute Gasteiger partial charge is 0.505 e. The molecule has 0 aliphatic heterocycles. The SMILES string of the molecule is Cc1ccc([C@@H](C)Nc2c(Nc3cccc(C(=O)N(C)C)c3O)c(=O)c2=O)o1. The lowest BCUT2D eigenvalue weighted by Gasteiger charge is -2.19. The molecule has 3 rings (SSSR count). The first-order valence-corrected chi connectivity index (χ1v) is 8.67. The third-order valence-corrected chi connectivity index (χ3v) is 4.39. The minimum Gasteiger partial charge on any atom is -0.505 e. The van der Waals surface area contributed by atoms with Crippen molar-refractivity contribution in [3.63, 3.8) is 0 Å². The van der Waals surface area contributed by atoms with Crippen LogP contribution in [-0.2, 0) is 0 Å². The van der Waals surface area contributed by atoms with E-state index in [9.17, 15) is 19.5 Å². The van der Waals surface area contributed by atoms with Gasteiger partial charge in [-0.3, -0.25) is 14.4 Å². The van der Waals surface area contributed by atoms with E-state index in [0.29, 0.717) is 5.76 Å². The Labute approximate surface area is 161 Å². The summed E-state index contributed by atoms with van der Waals surface area (Å²) in [6, 6.07) is 7.82. The molecule has 0 spiro atoms. The molecule has 28 heavy (non-hydrogen) atoms. The highest BCUT2D eigenvalue weighted by molar-refractivity contribution is 5.99. The fraction of sp³-hybridized carbons (Fsp3) is 0.250. The number of carbonyl (C=O) groups is 1. The van der Waals surface area contributed by atoms with Crippen LogP contribution in [0.2, 0.25) is 0 Å². The first kappa shape index (κ1) is 19.2. The van der Waals surface area contributed by atoms with Crippen molar-refractivity contribution >= 4 is 23.0 Å². The monoisotopic (exact) mass is 383 g/mol. The molecule has 2 aromatic carbocycles. The van der Waals surface area contributed by atoms with E-state index in [1.807, 2.05) is 6.92 Å². The molecule has 146 valence electrons. The van der Waals surface area contributed by atoms with E-state index in [1.165, 1.54) is 17.0 Å². The summed E-state index contributed by atoms with van der Waals surface area (Å²) in [5.74, 6) is 0.679. The van der Waals surface area contributed by atoms with Crippen LogP contribution in [0.5, 0.6) is 5.75 Å². The minimum absolute atomic E-state index is 0.0323. The van der Waals surface area contributed by atoms with E-state index in [1.54, 1.807) is 39.2 Å². The molecule has 0 fully saturated rings. The average Bonchev–Trinajstić information content (AvgIpc) is 3.11. The van der Waals surface area contributed by atoms with Crippen LogP contribution in [-0.4, -0.2) is 30.0 Å². The van der Waals surface area contributed by atoms with Gasteiger partial charge in [0.15, 0.2) is 5.75 Å². The first-order valence-electron chi connectivity index (χ1n) is 8.67. The van der Waals surface area contributed by atoms with Crippen LogP contribution in [0.25, 0.3) is 0 Å². The molecule has 1 atom stereocenters. The number of phenols is 1. The molecule has 0 saturated carbocycles. The first-order chi connectivity index (χ1) is 13.2. The Morgan fingerprint density at radius 3 is 2.39 bits per heavy atom. The Hall–Kier alpha value is -3.55. The van der Waals surface area contributed by atoms with Gasteiger partial charge in [0.1, 0.15) is 22.9 Å². The third-order valence-electron chi connectivity index (χ3n) is 4.39. The molecule has 0 radical (unpaired) electrons. The summed E-state index contributed by atoms with van der Waals surface area (Å²) in [7, 11) is 3.14. The molecule has 3 N–H and O–H groups in total. The molecule has 8 nitrogen and oxygen atoms in total. The maximum absolute atomic E-state index is 12.2. The number of rotatable bonds is 6. The number of furan rings is 1. The number of aromatic hydroxyl groups is 1. The van der Waals surface area contributed by atoms with Crippen molar-refractivity contribution in [2.45, 2.75) is 19.9 Å². The maximum Gasteiger partial charge on any atom is 0.257 e. The smallest absolute Gasteiger partial charge is 0.257 e. The van der Waals surface area contributed by atoms with Crippen molar-refractivity contribution < 1.29 is 14.3 Å². The standard InChI is InChI=1S/C20H21N3O5/c1-10-8-9-14(28-10)11(2)21-15-16(19(26)18(15)25)22-13-7-5-6-12(17(13)24)20(27)23(3)4/h5-9,11,21-22,24H,1-4H3/t11-/m1/s1. The van der Waals surface area contributed by atoms with Crippen LogP contribution in [0, 0.1) is 6.92 Å². The van der Waals surface area contributed by atoms with E-state index in [-0.39, 0.29) is 40.3 Å². The van der Waals surface area contributed by atoms with E-state index < -0.39 is 10.9 Å². The van der Waals surface area contributed by atoms with Crippen LogP contribution in [0.3, 0.4) is 0 Å². The van der Waals surface area contributed by atoms with Gasteiger partial charge in [0, 0.05) is 14.1 Å².